The summed E-state index contributed by atoms with van der Waals surface area (Å²) in [5, 5.41) is 11.3. The minimum absolute atomic E-state index is 0.0333. The van der Waals surface area contributed by atoms with E-state index in [1.165, 1.54) is 4.90 Å². The van der Waals surface area contributed by atoms with Gasteiger partial charge in [0, 0.05) is 18.6 Å². The average Bonchev–Trinajstić information content (AvgIpc) is 2.01. The molecule has 0 heterocycles. The Kier molecular flexibility index (Phi) is 5.11. The normalized spacial score (nSPS) is 10.9. The van der Waals surface area contributed by atoms with Crippen LogP contribution in [-0.2, 0) is 4.79 Å². The number of hydrogen-bond donors (Lipinski definition) is 2. The van der Waals surface area contributed by atoms with Crippen molar-refractivity contribution in [2.75, 3.05) is 13.1 Å². The third-order valence-corrected chi connectivity index (χ3v) is 1.93. The van der Waals surface area contributed by atoms with E-state index in [0.717, 1.165) is 0 Å². The van der Waals surface area contributed by atoms with Crippen LogP contribution >= 0.6 is 0 Å². The first kappa shape index (κ1) is 13.7. The lowest BCUT2D eigenvalue weighted by molar-refractivity contribution is -0.137. The number of rotatable bonds is 4. The fourth-order valence-electron chi connectivity index (χ4n) is 1.20. The number of amides is 2. The minimum Gasteiger partial charge on any atom is -0.481 e. The fourth-order valence-corrected chi connectivity index (χ4v) is 1.20. The number of carbonyl (C=O) groups excluding carboxylic acids is 1. The number of carboxylic acids is 1. The second kappa shape index (κ2) is 5.58. The van der Waals surface area contributed by atoms with Gasteiger partial charge in [-0.25, -0.2) is 4.79 Å². The maximum absolute atomic E-state index is 11.6. The molecule has 0 fully saturated rings. The number of hydrogen-bond acceptors (Lipinski definition) is 2. The molecular formula is C10H20N2O3. The van der Waals surface area contributed by atoms with Gasteiger partial charge in [-0.2, -0.15) is 0 Å². The molecule has 0 spiro atoms. The fraction of sp³-hybridized carbons (Fsp3) is 0.800. The van der Waals surface area contributed by atoms with E-state index >= 15 is 0 Å². The number of nitrogens with one attached hydrogen (secondary N) is 1. The van der Waals surface area contributed by atoms with Crippen LogP contribution in [-0.4, -0.2) is 40.6 Å². The quantitative estimate of drug-likeness (QED) is 0.744. The third kappa shape index (κ3) is 5.24. The maximum Gasteiger partial charge on any atom is 0.317 e. The van der Waals surface area contributed by atoms with Crippen molar-refractivity contribution in [3.63, 3.8) is 0 Å². The zero-order valence-electron chi connectivity index (χ0n) is 9.83. The van der Waals surface area contributed by atoms with Crippen molar-refractivity contribution >= 4 is 12.0 Å². The van der Waals surface area contributed by atoms with E-state index in [4.69, 9.17) is 5.11 Å². The SMILES string of the molecule is CCNC(=O)N(CCC(=O)O)C(C)(C)C. The average molecular weight is 216 g/mol. The lowest BCUT2D eigenvalue weighted by Gasteiger charge is -2.35. The molecule has 15 heavy (non-hydrogen) atoms. The topological polar surface area (TPSA) is 69.6 Å². The van der Waals surface area contributed by atoms with Gasteiger partial charge >= 0.3 is 12.0 Å². The predicted molar refractivity (Wildman–Crippen MR) is 57.8 cm³/mol. The first-order chi connectivity index (χ1) is 6.79. The molecule has 88 valence electrons. The van der Waals surface area contributed by atoms with Crippen molar-refractivity contribution in [3.8, 4) is 0 Å². The first-order valence-corrected chi connectivity index (χ1v) is 5.06. The van der Waals surface area contributed by atoms with Gasteiger partial charge < -0.3 is 15.3 Å². The summed E-state index contributed by atoms with van der Waals surface area (Å²) in [6.45, 7) is 8.23. The molecule has 0 radical (unpaired) electrons. The van der Waals surface area contributed by atoms with Crippen molar-refractivity contribution in [2.45, 2.75) is 39.7 Å². The summed E-state index contributed by atoms with van der Waals surface area (Å²) in [7, 11) is 0. The first-order valence-electron chi connectivity index (χ1n) is 5.06. The van der Waals surface area contributed by atoms with E-state index in [9.17, 15) is 9.59 Å². The summed E-state index contributed by atoms with van der Waals surface area (Å²) in [6, 6.07) is -0.216. The van der Waals surface area contributed by atoms with Crippen LogP contribution in [0.25, 0.3) is 0 Å². The van der Waals surface area contributed by atoms with Gasteiger partial charge in [0.25, 0.3) is 0 Å². The molecule has 0 aliphatic heterocycles. The summed E-state index contributed by atoms with van der Waals surface area (Å²) in [6.07, 6.45) is -0.0333. The highest BCUT2D eigenvalue weighted by Crippen LogP contribution is 2.13. The molecule has 5 heteroatoms. The highest BCUT2D eigenvalue weighted by atomic mass is 16.4. The summed E-state index contributed by atoms with van der Waals surface area (Å²) in [5.41, 5.74) is -0.366. The van der Waals surface area contributed by atoms with Gasteiger partial charge in [0.15, 0.2) is 0 Å². The molecule has 0 saturated carbocycles. The molecule has 0 aromatic carbocycles. The van der Waals surface area contributed by atoms with Gasteiger partial charge in [-0.1, -0.05) is 0 Å². The van der Waals surface area contributed by atoms with E-state index in [1.807, 2.05) is 27.7 Å². The molecule has 0 aromatic rings. The molecule has 2 N–H and O–H groups in total. The number of nitrogens with zero attached hydrogens (tertiary/aromatic N) is 1. The van der Waals surface area contributed by atoms with E-state index in [1.54, 1.807) is 0 Å². The van der Waals surface area contributed by atoms with Crippen LogP contribution in [0.3, 0.4) is 0 Å². The van der Waals surface area contributed by atoms with E-state index in [0.29, 0.717) is 6.54 Å². The van der Waals surface area contributed by atoms with Crippen molar-refractivity contribution in [1.29, 1.82) is 0 Å². The number of carbonyl (C=O) groups is 2. The van der Waals surface area contributed by atoms with E-state index in [-0.39, 0.29) is 24.5 Å². The van der Waals surface area contributed by atoms with Crippen LogP contribution in [0.15, 0.2) is 0 Å². The summed E-state index contributed by atoms with van der Waals surface area (Å²) in [4.78, 5) is 23.6. The molecule has 0 aromatic heterocycles. The van der Waals surface area contributed by atoms with Crippen LogP contribution in [0.4, 0.5) is 4.79 Å². The molecule has 0 unspecified atom stereocenters. The Morgan fingerprint density at radius 3 is 2.20 bits per heavy atom. The zero-order chi connectivity index (χ0) is 12.1. The molecule has 0 rings (SSSR count). The zero-order valence-corrected chi connectivity index (χ0v) is 9.83. The maximum atomic E-state index is 11.6. The van der Waals surface area contributed by atoms with Crippen LogP contribution in [0, 0.1) is 0 Å². The van der Waals surface area contributed by atoms with Gasteiger partial charge in [-0.3, -0.25) is 4.79 Å². The lowest BCUT2D eigenvalue weighted by Crippen LogP contribution is -2.51. The van der Waals surface area contributed by atoms with Gasteiger partial charge in [-0.15, -0.1) is 0 Å². The van der Waals surface area contributed by atoms with Crippen LogP contribution in [0.1, 0.15) is 34.1 Å². The van der Waals surface area contributed by atoms with Crippen molar-refractivity contribution in [2.24, 2.45) is 0 Å². The van der Waals surface area contributed by atoms with Gasteiger partial charge in [-0.05, 0) is 27.7 Å². The van der Waals surface area contributed by atoms with E-state index in [2.05, 4.69) is 5.32 Å². The van der Waals surface area contributed by atoms with Crippen LogP contribution in [0.2, 0.25) is 0 Å². The summed E-state index contributed by atoms with van der Waals surface area (Å²) >= 11 is 0. The Morgan fingerprint density at radius 1 is 1.33 bits per heavy atom. The molecule has 2 amide bonds. The molecule has 0 saturated heterocycles. The Hall–Kier alpha value is -1.26. The largest absolute Gasteiger partial charge is 0.481 e. The van der Waals surface area contributed by atoms with E-state index < -0.39 is 5.97 Å². The predicted octanol–water partition coefficient (Wildman–Crippen LogP) is 1.29. The second-order valence-electron chi connectivity index (χ2n) is 4.30. The molecule has 0 aliphatic rings. The highest BCUT2D eigenvalue weighted by molar-refractivity contribution is 5.76. The van der Waals surface area contributed by atoms with Crippen molar-refractivity contribution in [3.05, 3.63) is 0 Å². The summed E-state index contributed by atoms with van der Waals surface area (Å²) < 4.78 is 0. The number of urea groups is 1. The monoisotopic (exact) mass is 216 g/mol. The second-order valence-corrected chi connectivity index (χ2v) is 4.30. The van der Waals surface area contributed by atoms with Gasteiger partial charge in [0.1, 0.15) is 0 Å². The minimum atomic E-state index is -0.895. The molecule has 0 atom stereocenters. The Morgan fingerprint density at radius 2 is 1.87 bits per heavy atom. The standard InChI is InChI=1S/C10H20N2O3/c1-5-11-9(15)12(10(2,3)4)7-6-8(13)14/h5-7H2,1-4H3,(H,11,15)(H,13,14). The Bertz CT molecular complexity index is 233. The molecular weight excluding hydrogens is 196 g/mol. The van der Waals surface area contributed by atoms with Crippen molar-refractivity contribution < 1.29 is 14.7 Å². The highest BCUT2D eigenvalue weighted by Gasteiger charge is 2.26. The number of carboxylic acid groups (broad SMARTS) is 1. The molecule has 0 bridgehead atoms. The van der Waals surface area contributed by atoms with Crippen LogP contribution in [0.5, 0.6) is 0 Å². The smallest absolute Gasteiger partial charge is 0.317 e. The molecule has 0 aliphatic carbocycles. The molecule has 5 nitrogen and oxygen atoms in total. The lowest BCUT2D eigenvalue weighted by atomic mass is 10.1. The van der Waals surface area contributed by atoms with Gasteiger partial charge in [0.05, 0.1) is 6.42 Å². The van der Waals surface area contributed by atoms with Crippen molar-refractivity contribution in [1.82, 2.24) is 10.2 Å². The third-order valence-electron chi connectivity index (χ3n) is 1.93. The Balaban J connectivity index is 4.45. The summed E-state index contributed by atoms with van der Waals surface area (Å²) in [5.74, 6) is -0.895. The van der Waals surface area contributed by atoms with Crippen LogP contribution < -0.4 is 5.32 Å². The Labute approximate surface area is 90.5 Å². The van der Waals surface area contributed by atoms with Gasteiger partial charge in [0.2, 0.25) is 0 Å². The number of aliphatic carboxylic acids is 1.